The molecule has 3 nitrogen and oxygen atoms in total. The van der Waals surface area contributed by atoms with Gasteiger partial charge in [0.2, 0.25) is 0 Å². The standard InChI is InChI=1S/C17H26N2O/c1-4-15-5-7-16(8-6-15)18-9-14(3)19(10-13(18)2)17-11-20-12-17/h5-8,13-14,17H,4,9-12H2,1-3H3/t13-,14+/m0/s1. The van der Waals surface area contributed by atoms with E-state index in [4.69, 9.17) is 4.74 Å². The van der Waals surface area contributed by atoms with Gasteiger partial charge in [-0.3, -0.25) is 4.90 Å². The maximum absolute atomic E-state index is 5.35. The largest absolute Gasteiger partial charge is 0.378 e. The molecule has 2 fully saturated rings. The van der Waals surface area contributed by atoms with Crippen LogP contribution in [-0.4, -0.2) is 49.3 Å². The molecule has 2 atom stereocenters. The number of hydrogen-bond acceptors (Lipinski definition) is 3. The van der Waals surface area contributed by atoms with E-state index in [1.54, 1.807) is 0 Å². The van der Waals surface area contributed by atoms with E-state index in [0.29, 0.717) is 18.1 Å². The summed E-state index contributed by atoms with van der Waals surface area (Å²) in [6, 6.07) is 10.9. The van der Waals surface area contributed by atoms with Gasteiger partial charge in [0, 0.05) is 30.9 Å². The number of hydrogen-bond donors (Lipinski definition) is 0. The summed E-state index contributed by atoms with van der Waals surface area (Å²) in [5.41, 5.74) is 2.78. The first-order valence-electron chi connectivity index (χ1n) is 7.88. The highest BCUT2D eigenvalue weighted by atomic mass is 16.5. The van der Waals surface area contributed by atoms with Crippen molar-refractivity contribution in [1.29, 1.82) is 0 Å². The molecule has 2 saturated heterocycles. The van der Waals surface area contributed by atoms with Crippen molar-refractivity contribution >= 4 is 5.69 Å². The van der Waals surface area contributed by atoms with E-state index in [9.17, 15) is 0 Å². The van der Waals surface area contributed by atoms with Crippen LogP contribution in [0.3, 0.4) is 0 Å². The van der Waals surface area contributed by atoms with Gasteiger partial charge < -0.3 is 9.64 Å². The summed E-state index contributed by atoms with van der Waals surface area (Å²) < 4.78 is 5.35. The summed E-state index contributed by atoms with van der Waals surface area (Å²) in [6.07, 6.45) is 1.11. The van der Waals surface area contributed by atoms with Crippen LogP contribution < -0.4 is 4.90 Å². The molecule has 0 aromatic heterocycles. The molecular formula is C17H26N2O. The van der Waals surface area contributed by atoms with Crippen LogP contribution in [0.2, 0.25) is 0 Å². The molecule has 110 valence electrons. The average Bonchev–Trinajstić information content (AvgIpc) is 2.41. The van der Waals surface area contributed by atoms with Gasteiger partial charge in [-0.15, -0.1) is 0 Å². The van der Waals surface area contributed by atoms with Crippen molar-refractivity contribution in [2.24, 2.45) is 0 Å². The molecule has 0 saturated carbocycles. The molecule has 2 aliphatic rings. The molecule has 0 amide bonds. The maximum atomic E-state index is 5.35. The summed E-state index contributed by atoms with van der Waals surface area (Å²) in [7, 11) is 0. The van der Waals surface area contributed by atoms with Crippen molar-refractivity contribution in [3.05, 3.63) is 29.8 Å². The van der Waals surface area contributed by atoms with Crippen LogP contribution >= 0.6 is 0 Å². The van der Waals surface area contributed by atoms with Gasteiger partial charge in [-0.25, -0.2) is 0 Å². The van der Waals surface area contributed by atoms with E-state index in [2.05, 4.69) is 54.8 Å². The quantitative estimate of drug-likeness (QED) is 0.842. The number of anilines is 1. The fraction of sp³-hybridized carbons (Fsp3) is 0.647. The van der Waals surface area contributed by atoms with Crippen LogP contribution in [0.25, 0.3) is 0 Å². The summed E-state index contributed by atoms with van der Waals surface area (Å²) >= 11 is 0. The van der Waals surface area contributed by atoms with Crippen molar-refractivity contribution in [1.82, 2.24) is 4.90 Å². The molecule has 0 bridgehead atoms. The fourth-order valence-corrected chi connectivity index (χ4v) is 3.36. The summed E-state index contributed by atoms with van der Waals surface area (Å²) in [5.74, 6) is 0. The third-order valence-corrected chi connectivity index (χ3v) is 4.80. The minimum absolute atomic E-state index is 0.569. The van der Waals surface area contributed by atoms with Gasteiger partial charge in [0.05, 0.1) is 19.3 Å². The number of piperazine rings is 1. The minimum Gasteiger partial charge on any atom is -0.378 e. The Hall–Kier alpha value is -1.06. The highest BCUT2D eigenvalue weighted by Gasteiger charge is 2.36. The van der Waals surface area contributed by atoms with Crippen molar-refractivity contribution in [3.63, 3.8) is 0 Å². The Morgan fingerprint density at radius 1 is 1.05 bits per heavy atom. The third kappa shape index (κ3) is 2.57. The third-order valence-electron chi connectivity index (χ3n) is 4.80. The highest BCUT2D eigenvalue weighted by Crippen LogP contribution is 2.26. The summed E-state index contributed by atoms with van der Waals surface area (Å²) in [5, 5.41) is 0. The molecule has 0 N–H and O–H groups in total. The van der Waals surface area contributed by atoms with Gasteiger partial charge in [0.15, 0.2) is 0 Å². The first kappa shape index (κ1) is 13.9. The molecule has 0 unspecified atom stereocenters. The van der Waals surface area contributed by atoms with Gasteiger partial charge in [-0.1, -0.05) is 19.1 Å². The zero-order valence-electron chi connectivity index (χ0n) is 12.9. The second kappa shape index (κ2) is 5.74. The number of aryl methyl sites for hydroxylation is 1. The van der Waals surface area contributed by atoms with E-state index in [-0.39, 0.29) is 0 Å². The van der Waals surface area contributed by atoms with E-state index >= 15 is 0 Å². The molecule has 3 rings (SSSR count). The smallest absolute Gasteiger partial charge is 0.0645 e. The first-order valence-corrected chi connectivity index (χ1v) is 7.88. The Morgan fingerprint density at radius 3 is 2.30 bits per heavy atom. The van der Waals surface area contributed by atoms with Crippen molar-refractivity contribution in [3.8, 4) is 0 Å². The van der Waals surface area contributed by atoms with Crippen molar-refractivity contribution in [2.45, 2.75) is 45.3 Å². The van der Waals surface area contributed by atoms with Crippen molar-refractivity contribution < 1.29 is 4.74 Å². The lowest BCUT2D eigenvalue weighted by Gasteiger charge is -2.50. The van der Waals surface area contributed by atoms with Gasteiger partial charge in [-0.05, 0) is 38.0 Å². The highest BCUT2D eigenvalue weighted by molar-refractivity contribution is 5.49. The molecular weight excluding hydrogens is 248 g/mol. The van der Waals surface area contributed by atoms with E-state index in [1.165, 1.54) is 11.3 Å². The molecule has 0 aliphatic carbocycles. The Kier molecular flexibility index (Phi) is 3.99. The maximum Gasteiger partial charge on any atom is 0.0645 e. The molecule has 1 aromatic rings. The topological polar surface area (TPSA) is 15.7 Å². The zero-order chi connectivity index (χ0) is 14.1. The number of benzene rings is 1. The summed E-state index contributed by atoms with van der Waals surface area (Å²) in [4.78, 5) is 5.19. The normalized spacial score (nSPS) is 28.4. The van der Waals surface area contributed by atoms with Gasteiger partial charge in [-0.2, -0.15) is 0 Å². The van der Waals surface area contributed by atoms with E-state index in [0.717, 1.165) is 32.7 Å². The lowest BCUT2D eigenvalue weighted by molar-refractivity contribution is -0.0828. The fourth-order valence-electron chi connectivity index (χ4n) is 3.36. The number of rotatable bonds is 3. The molecule has 0 spiro atoms. The van der Waals surface area contributed by atoms with Crippen LogP contribution in [-0.2, 0) is 11.2 Å². The minimum atomic E-state index is 0.569. The number of nitrogens with zero attached hydrogens (tertiary/aromatic N) is 2. The van der Waals surface area contributed by atoms with E-state index < -0.39 is 0 Å². The predicted octanol–water partition coefficient (Wildman–Crippen LogP) is 2.55. The zero-order valence-corrected chi connectivity index (χ0v) is 12.9. The lowest BCUT2D eigenvalue weighted by Crippen LogP contribution is -2.63. The molecule has 2 aliphatic heterocycles. The molecule has 3 heteroatoms. The lowest BCUT2D eigenvalue weighted by atomic mass is 10.0. The van der Waals surface area contributed by atoms with Crippen LogP contribution in [0.5, 0.6) is 0 Å². The summed E-state index contributed by atoms with van der Waals surface area (Å²) in [6.45, 7) is 11.0. The predicted molar refractivity (Wildman–Crippen MR) is 83.4 cm³/mol. The van der Waals surface area contributed by atoms with Crippen LogP contribution in [0, 0.1) is 0 Å². The Bertz CT molecular complexity index is 441. The Labute approximate surface area is 122 Å². The van der Waals surface area contributed by atoms with Crippen LogP contribution in [0.1, 0.15) is 26.3 Å². The average molecular weight is 274 g/mol. The second-order valence-electron chi connectivity index (χ2n) is 6.26. The Balaban J connectivity index is 1.71. The van der Waals surface area contributed by atoms with Gasteiger partial charge >= 0.3 is 0 Å². The van der Waals surface area contributed by atoms with Crippen LogP contribution in [0.15, 0.2) is 24.3 Å². The van der Waals surface area contributed by atoms with E-state index in [1.807, 2.05) is 0 Å². The monoisotopic (exact) mass is 274 g/mol. The first-order chi connectivity index (χ1) is 9.69. The molecule has 20 heavy (non-hydrogen) atoms. The second-order valence-corrected chi connectivity index (χ2v) is 6.26. The van der Waals surface area contributed by atoms with Crippen molar-refractivity contribution in [2.75, 3.05) is 31.2 Å². The SMILES string of the molecule is CCc1ccc(N2C[C@@H](C)N(C3COC3)C[C@@H]2C)cc1. The van der Waals surface area contributed by atoms with Crippen LogP contribution in [0.4, 0.5) is 5.69 Å². The Morgan fingerprint density at radius 2 is 1.75 bits per heavy atom. The van der Waals surface area contributed by atoms with Gasteiger partial charge in [0.25, 0.3) is 0 Å². The molecule has 1 aromatic carbocycles. The van der Waals surface area contributed by atoms with Gasteiger partial charge in [0.1, 0.15) is 0 Å². The number of ether oxygens (including phenoxy) is 1. The molecule has 0 radical (unpaired) electrons. The molecule has 2 heterocycles.